The van der Waals surface area contributed by atoms with Gasteiger partial charge in [-0.25, -0.2) is 0 Å². The number of benzene rings is 1. The minimum Gasteiger partial charge on any atom is -0.382 e. The summed E-state index contributed by atoms with van der Waals surface area (Å²) in [5, 5.41) is 4.35. The summed E-state index contributed by atoms with van der Waals surface area (Å²) in [6.07, 6.45) is -0.590. The number of hydrogen-bond acceptors (Lipinski definition) is 2. The molecular weight excluding hydrogens is 291 g/mol. The molecular formula is C16H20F3N3. The zero-order valence-electron chi connectivity index (χ0n) is 12.5. The summed E-state index contributed by atoms with van der Waals surface area (Å²) in [4.78, 5) is 2.29. The maximum atomic E-state index is 12.6. The van der Waals surface area contributed by atoms with Crippen molar-refractivity contribution in [3.05, 3.63) is 30.5 Å². The van der Waals surface area contributed by atoms with Crippen LogP contribution in [0, 0.1) is 0 Å². The highest BCUT2D eigenvalue weighted by atomic mass is 19.4. The Hall–Kier alpha value is -1.69. The summed E-state index contributed by atoms with van der Waals surface area (Å²) in [5.41, 5.74) is 1.54. The van der Waals surface area contributed by atoms with Crippen LogP contribution in [0.4, 0.5) is 18.9 Å². The first-order chi connectivity index (χ1) is 10.4. The van der Waals surface area contributed by atoms with E-state index in [2.05, 4.69) is 17.3 Å². The van der Waals surface area contributed by atoms with Crippen LogP contribution in [0.25, 0.3) is 10.9 Å². The lowest BCUT2D eigenvalue weighted by molar-refractivity contribution is -0.139. The quantitative estimate of drug-likeness (QED) is 0.932. The molecule has 1 fully saturated rings. The number of halogens is 3. The first-order valence-corrected chi connectivity index (χ1v) is 7.52. The molecule has 1 aromatic heterocycles. The molecule has 2 heterocycles. The van der Waals surface area contributed by atoms with E-state index in [4.69, 9.17) is 0 Å². The Bertz CT molecular complexity index is 640. The van der Waals surface area contributed by atoms with Gasteiger partial charge in [0, 0.05) is 23.3 Å². The third-order valence-corrected chi connectivity index (χ3v) is 4.24. The first-order valence-electron chi connectivity index (χ1n) is 7.52. The van der Waals surface area contributed by atoms with Crippen LogP contribution in [-0.4, -0.2) is 41.8 Å². The predicted octanol–water partition coefficient (Wildman–Crippen LogP) is 3.71. The molecule has 120 valence electrons. The van der Waals surface area contributed by atoms with Crippen molar-refractivity contribution in [1.82, 2.24) is 9.47 Å². The predicted molar refractivity (Wildman–Crippen MR) is 82.1 cm³/mol. The summed E-state index contributed by atoms with van der Waals surface area (Å²) >= 11 is 0. The van der Waals surface area contributed by atoms with Gasteiger partial charge in [0.2, 0.25) is 0 Å². The van der Waals surface area contributed by atoms with E-state index in [1.807, 2.05) is 12.1 Å². The lowest BCUT2D eigenvalue weighted by Gasteiger charge is -2.30. The van der Waals surface area contributed by atoms with Gasteiger partial charge in [-0.15, -0.1) is 0 Å². The van der Waals surface area contributed by atoms with Crippen molar-refractivity contribution < 1.29 is 13.2 Å². The number of rotatable bonds is 3. The number of piperidine rings is 1. The van der Waals surface area contributed by atoms with Crippen molar-refractivity contribution >= 4 is 16.6 Å². The Kier molecular flexibility index (Phi) is 4.04. The minimum atomic E-state index is -4.21. The van der Waals surface area contributed by atoms with Crippen LogP contribution in [0.1, 0.15) is 12.8 Å². The number of aromatic nitrogens is 1. The number of anilines is 1. The molecule has 22 heavy (non-hydrogen) atoms. The Labute approximate surface area is 127 Å². The molecule has 0 bridgehead atoms. The fourth-order valence-electron chi connectivity index (χ4n) is 3.05. The highest BCUT2D eigenvalue weighted by molar-refractivity contribution is 5.92. The topological polar surface area (TPSA) is 20.2 Å². The Morgan fingerprint density at radius 2 is 1.91 bits per heavy atom. The zero-order valence-corrected chi connectivity index (χ0v) is 12.5. The molecule has 1 aromatic carbocycles. The van der Waals surface area contributed by atoms with Crippen LogP contribution in [0.2, 0.25) is 0 Å². The fourth-order valence-corrected chi connectivity index (χ4v) is 3.05. The van der Waals surface area contributed by atoms with Crippen LogP contribution in [0.5, 0.6) is 0 Å². The van der Waals surface area contributed by atoms with E-state index in [1.54, 1.807) is 12.1 Å². The van der Waals surface area contributed by atoms with Crippen molar-refractivity contribution in [2.24, 2.45) is 0 Å². The largest absolute Gasteiger partial charge is 0.406 e. The Balaban J connectivity index is 1.82. The lowest BCUT2D eigenvalue weighted by Crippen LogP contribution is -2.36. The highest BCUT2D eigenvalue weighted by Crippen LogP contribution is 2.28. The average molecular weight is 311 g/mol. The minimum absolute atomic E-state index is 0.382. The Morgan fingerprint density at radius 3 is 2.59 bits per heavy atom. The molecule has 0 aliphatic carbocycles. The molecule has 1 saturated heterocycles. The van der Waals surface area contributed by atoms with Gasteiger partial charge in [0.25, 0.3) is 0 Å². The second-order valence-electron chi connectivity index (χ2n) is 6.02. The van der Waals surface area contributed by atoms with Gasteiger partial charge in [0.15, 0.2) is 0 Å². The molecule has 1 aliphatic rings. The molecule has 0 amide bonds. The standard InChI is InChI=1S/C16H20F3N3/c1-21-8-5-12(6-9-21)20-14-3-2-4-15-13(14)7-10-22(15)11-16(17,18)19/h2-4,7,10,12,20H,5-6,8-9,11H2,1H3. The van der Waals surface area contributed by atoms with E-state index < -0.39 is 12.7 Å². The number of nitrogens with zero attached hydrogens (tertiary/aromatic N) is 2. The molecule has 1 N–H and O–H groups in total. The van der Waals surface area contributed by atoms with E-state index in [9.17, 15) is 13.2 Å². The molecule has 0 radical (unpaired) electrons. The van der Waals surface area contributed by atoms with Crippen molar-refractivity contribution in [1.29, 1.82) is 0 Å². The average Bonchev–Trinajstić information content (AvgIpc) is 2.84. The SMILES string of the molecule is CN1CCC(Nc2cccc3c2ccn3CC(F)(F)F)CC1. The van der Waals surface area contributed by atoms with Crippen LogP contribution in [-0.2, 0) is 6.54 Å². The molecule has 6 heteroatoms. The fraction of sp³-hybridized carbons (Fsp3) is 0.500. The first kappa shape index (κ1) is 15.2. The second kappa shape index (κ2) is 5.83. The summed E-state index contributed by atoms with van der Waals surface area (Å²) in [5.74, 6) is 0. The number of hydrogen-bond donors (Lipinski definition) is 1. The van der Waals surface area contributed by atoms with Gasteiger partial charge in [0.1, 0.15) is 6.54 Å². The zero-order chi connectivity index (χ0) is 15.7. The number of alkyl halides is 3. The normalized spacial score (nSPS) is 18.0. The Morgan fingerprint density at radius 1 is 1.18 bits per heavy atom. The molecule has 3 nitrogen and oxygen atoms in total. The molecule has 1 aliphatic heterocycles. The summed E-state index contributed by atoms with van der Waals surface area (Å²) in [6.45, 7) is 1.14. The summed E-state index contributed by atoms with van der Waals surface area (Å²) < 4.78 is 39.1. The van der Waals surface area contributed by atoms with Crippen LogP contribution in [0.3, 0.4) is 0 Å². The molecule has 0 saturated carbocycles. The monoisotopic (exact) mass is 311 g/mol. The number of nitrogens with one attached hydrogen (secondary N) is 1. The van der Waals surface area contributed by atoms with Gasteiger partial charge < -0.3 is 14.8 Å². The highest BCUT2D eigenvalue weighted by Gasteiger charge is 2.28. The lowest BCUT2D eigenvalue weighted by atomic mass is 10.0. The summed E-state index contributed by atoms with van der Waals surface area (Å²) in [6, 6.07) is 7.64. The van der Waals surface area contributed by atoms with Crippen molar-refractivity contribution in [3.8, 4) is 0 Å². The van der Waals surface area contributed by atoms with Gasteiger partial charge in [-0.1, -0.05) is 6.07 Å². The van der Waals surface area contributed by atoms with E-state index >= 15 is 0 Å². The number of likely N-dealkylation sites (tertiary alicyclic amines) is 1. The van der Waals surface area contributed by atoms with Crippen LogP contribution >= 0.6 is 0 Å². The third kappa shape index (κ3) is 3.38. The van der Waals surface area contributed by atoms with E-state index in [0.29, 0.717) is 11.6 Å². The third-order valence-electron chi connectivity index (χ3n) is 4.24. The maximum absolute atomic E-state index is 12.6. The second-order valence-corrected chi connectivity index (χ2v) is 6.02. The van der Waals surface area contributed by atoms with Crippen molar-refractivity contribution in [2.45, 2.75) is 31.6 Å². The van der Waals surface area contributed by atoms with Gasteiger partial charge in [-0.2, -0.15) is 13.2 Å². The smallest absolute Gasteiger partial charge is 0.382 e. The maximum Gasteiger partial charge on any atom is 0.406 e. The van der Waals surface area contributed by atoms with Crippen LogP contribution < -0.4 is 5.32 Å². The van der Waals surface area contributed by atoms with Gasteiger partial charge in [-0.05, 0) is 51.2 Å². The van der Waals surface area contributed by atoms with Crippen LogP contribution in [0.15, 0.2) is 30.5 Å². The van der Waals surface area contributed by atoms with Gasteiger partial charge >= 0.3 is 6.18 Å². The van der Waals surface area contributed by atoms with E-state index in [1.165, 1.54) is 10.8 Å². The molecule has 0 spiro atoms. The van der Waals surface area contributed by atoms with E-state index in [-0.39, 0.29) is 0 Å². The molecule has 0 atom stereocenters. The van der Waals surface area contributed by atoms with E-state index in [0.717, 1.165) is 37.0 Å². The molecule has 2 aromatic rings. The van der Waals surface area contributed by atoms with Gasteiger partial charge in [-0.3, -0.25) is 0 Å². The summed E-state index contributed by atoms with van der Waals surface area (Å²) in [7, 11) is 2.11. The van der Waals surface area contributed by atoms with Crippen molar-refractivity contribution in [2.75, 3.05) is 25.5 Å². The molecule has 0 unspecified atom stereocenters. The number of fused-ring (bicyclic) bond motifs is 1. The van der Waals surface area contributed by atoms with Crippen molar-refractivity contribution in [3.63, 3.8) is 0 Å². The van der Waals surface area contributed by atoms with Gasteiger partial charge in [0.05, 0.1) is 5.52 Å². The molecule has 3 rings (SSSR count).